The summed E-state index contributed by atoms with van der Waals surface area (Å²) in [5, 5.41) is 0. The van der Waals surface area contributed by atoms with Crippen LogP contribution in [0.15, 0.2) is 0 Å². The highest BCUT2D eigenvalue weighted by Gasteiger charge is 2.21. The van der Waals surface area contributed by atoms with Gasteiger partial charge >= 0.3 is 0 Å². The Hall–Kier alpha value is 0.150. The summed E-state index contributed by atoms with van der Waals surface area (Å²) < 4.78 is 10.4. The topological polar surface area (TPSA) is 17.1 Å². The van der Waals surface area contributed by atoms with Gasteiger partial charge in [0, 0.05) is 24.2 Å². The molecule has 1 unspecified atom stereocenters. The Morgan fingerprint density at radius 1 is 1.75 bits per heavy atom. The van der Waals surface area contributed by atoms with Crippen molar-refractivity contribution < 1.29 is 5.64 Å². The van der Waals surface area contributed by atoms with E-state index >= 15 is 0 Å². The maximum atomic E-state index is 10.4. The van der Waals surface area contributed by atoms with Gasteiger partial charge in [-0.25, -0.2) is 0 Å². The molecule has 0 aromatic carbocycles. The van der Waals surface area contributed by atoms with Crippen molar-refractivity contribution in [1.29, 1.82) is 0 Å². The number of hydrogen-bond donors (Lipinski definition) is 0. The molecular formula is C6H16OS. The Balaban J connectivity index is 0. The predicted octanol–water partition coefficient (Wildman–Crippen LogP) is 1.66. The summed E-state index contributed by atoms with van der Waals surface area (Å²) in [4.78, 5) is 0. The van der Waals surface area contributed by atoms with Gasteiger partial charge in [0.25, 0.3) is 0 Å². The fourth-order valence-corrected chi connectivity index (χ4v) is 1.61. The molecule has 1 saturated carbocycles. The van der Waals surface area contributed by atoms with Crippen LogP contribution in [0.25, 0.3) is 0 Å². The lowest BCUT2D eigenvalue weighted by Crippen LogP contribution is -1.94. The molecule has 0 N–H and O–H groups in total. The molecule has 0 saturated heterocycles. The van der Waals surface area contributed by atoms with E-state index in [-0.39, 0.29) is 8.85 Å². The van der Waals surface area contributed by atoms with Gasteiger partial charge in [0.2, 0.25) is 0 Å². The molecule has 0 spiro atoms. The first-order valence-corrected chi connectivity index (χ1v) is 4.32. The Kier molecular flexibility index (Phi) is 3.29. The largest absolute Gasteiger partial charge is 0.260 e. The average Bonchev–Trinajstić information content (AvgIpc) is 2.17. The van der Waals surface area contributed by atoms with Crippen molar-refractivity contribution in [2.75, 3.05) is 12.0 Å². The standard InChI is InChI=1S/C5H10OS.CH4.H2/c1-7(6)4-5-2-3-5;;/h5H,2-4H2,1H3;1H4;1H. The molecule has 0 amide bonds. The van der Waals surface area contributed by atoms with Crippen molar-refractivity contribution in [2.45, 2.75) is 20.3 Å². The second-order valence-corrected chi connectivity index (χ2v) is 3.66. The van der Waals surface area contributed by atoms with Crippen LogP contribution in [-0.2, 0) is 10.8 Å². The molecular weight excluding hydrogens is 120 g/mol. The van der Waals surface area contributed by atoms with E-state index in [0.29, 0.717) is 0 Å². The van der Waals surface area contributed by atoms with E-state index < -0.39 is 10.8 Å². The fraction of sp³-hybridized carbons (Fsp3) is 1.00. The van der Waals surface area contributed by atoms with Gasteiger partial charge in [-0.3, -0.25) is 4.21 Å². The molecule has 0 bridgehead atoms. The maximum Gasteiger partial charge on any atom is 0.0260 e. The minimum atomic E-state index is -0.533. The van der Waals surface area contributed by atoms with E-state index in [4.69, 9.17) is 0 Å². The molecule has 0 aliphatic heterocycles. The van der Waals surface area contributed by atoms with Crippen LogP contribution in [0.3, 0.4) is 0 Å². The Morgan fingerprint density at radius 2 is 2.25 bits per heavy atom. The van der Waals surface area contributed by atoms with Gasteiger partial charge < -0.3 is 0 Å². The van der Waals surface area contributed by atoms with Gasteiger partial charge in [-0.2, -0.15) is 0 Å². The van der Waals surface area contributed by atoms with Gasteiger partial charge in [-0.15, -0.1) is 0 Å². The molecule has 0 aromatic heterocycles. The van der Waals surface area contributed by atoms with Crippen LogP contribution < -0.4 is 0 Å². The zero-order chi connectivity index (χ0) is 5.28. The molecule has 1 aliphatic rings. The van der Waals surface area contributed by atoms with Crippen molar-refractivity contribution in [1.82, 2.24) is 0 Å². The van der Waals surface area contributed by atoms with Crippen molar-refractivity contribution >= 4 is 10.8 Å². The first kappa shape index (κ1) is 8.15. The lowest BCUT2D eigenvalue weighted by Gasteiger charge is -1.85. The van der Waals surface area contributed by atoms with Crippen LogP contribution in [0.2, 0.25) is 0 Å². The summed E-state index contributed by atoms with van der Waals surface area (Å²) in [5.41, 5.74) is 0. The van der Waals surface area contributed by atoms with Gasteiger partial charge in [-0.1, -0.05) is 7.43 Å². The summed E-state index contributed by atoms with van der Waals surface area (Å²) in [5.74, 6) is 1.77. The predicted molar refractivity (Wildman–Crippen MR) is 40.5 cm³/mol. The van der Waals surface area contributed by atoms with E-state index in [9.17, 15) is 4.21 Å². The van der Waals surface area contributed by atoms with Crippen molar-refractivity contribution in [3.05, 3.63) is 0 Å². The Morgan fingerprint density at radius 3 is 2.38 bits per heavy atom. The zero-order valence-electron chi connectivity index (χ0n) is 4.52. The van der Waals surface area contributed by atoms with Crippen molar-refractivity contribution in [3.63, 3.8) is 0 Å². The van der Waals surface area contributed by atoms with Crippen LogP contribution in [0.4, 0.5) is 0 Å². The summed E-state index contributed by atoms with van der Waals surface area (Å²) in [6.07, 6.45) is 4.41. The lowest BCUT2D eigenvalue weighted by atomic mass is 10.5. The SMILES string of the molecule is C.CS(=O)CC1CC1.[HH]. The highest BCUT2D eigenvalue weighted by atomic mass is 32.2. The van der Waals surface area contributed by atoms with Gasteiger partial charge in [-0.05, 0) is 18.8 Å². The monoisotopic (exact) mass is 136 g/mol. The molecule has 1 atom stereocenters. The zero-order valence-corrected chi connectivity index (χ0v) is 5.33. The quantitative estimate of drug-likeness (QED) is 0.564. The van der Waals surface area contributed by atoms with Crippen LogP contribution in [0, 0.1) is 5.92 Å². The summed E-state index contributed by atoms with van der Waals surface area (Å²) in [7, 11) is -0.533. The third-order valence-electron chi connectivity index (χ3n) is 1.17. The first-order valence-electron chi connectivity index (χ1n) is 2.59. The van der Waals surface area contributed by atoms with Gasteiger partial charge in [0.15, 0.2) is 0 Å². The summed E-state index contributed by atoms with van der Waals surface area (Å²) in [6, 6.07) is 0. The third-order valence-corrected chi connectivity index (χ3v) is 2.11. The summed E-state index contributed by atoms with van der Waals surface area (Å²) in [6.45, 7) is 0. The number of rotatable bonds is 2. The highest BCUT2D eigenvalue weighted by molar-refractivity contribution is 7.84. The second kappa shape index (κ2) is 3.23. The van der Waals surface area contributed by atoms with E-state index in [0.717, 1.165) is 11.7 Å². The minimum absolute atomic E-state index is 0. The molecule has 0 aromatic rings. The lowest BCUT2D eigenvalue weighted by molar-refractivity contribution is 0.683. The molecule has 2 heteroatoms. The van der Waals surface area contributed by atoms with E-state index in [1.807, 2.05) is 0 Å². The highest BCUT2D eigenvalue weighted by Crippen LogP contribution is 2.28. The van der Waals surface area contributed by atoms with E-state index in [1.165, 1.54) is 12.8 Å². The molecule has 8 heavy (non-hydrogen) atoms. The molecule has 0 heterocycles. The molecule has 0 radical (unpaired) electrons. The van der Waals surface area contributed by atoms with Crippen LogP contribution in [0.1, 0.15) is 21.7 Å². The fourth-order valence-electron chi connectivity index (χ4n) is 0.616. The van der Waals surface area contributed by atoms with E-state index in [1.54, 1.807) is 6.26 Å². The molecule has 1 fully saturated rings. The Labute approximate surface area is 55.4 Å². The third kappa shape index (κ3) is 3.19. The normalized spacial score (nSPS) is 21.6. The molecule has 1 aliphatic carbocycles. The maximum absolute atomic E-state index is 10.4. The van der Waals surface area contributed by atoms with Crippen LogP contribution >= 0.6 is 0 Å². The first-order chi connectivity index (χ1) is 3.29. The van der Waals surface area contributed by atoms with Crippen molar-refractivity contribution in [2.24, 2.45) is 5.92 Å². The number of hydrogen-bond acceptors (Lipinski definition) is 1. The molecule has 52 valence electrons. The summed E-state index contributed by atoms with van der Waals surface area (Å²) >= 11 is 0. The van der Waals surface area contributed by atoms with Crippen molar-refractivity contribution in [3.8, 4) is 0 Å². The van der Waals surface area contributed by atoms with E-state index in [2.05, 4.69) is 0 Å². The van der Waals surface area contributed by atoms with Crippen LogP contribution in [0.5, 0.6) is 0 Å². The smallest absolute Gasteiger partial charge is 0.0260 e. The van der Waals surface area contributed by atoms with Crippen LogP contribution in [-0.4, -0.2) is 16.2 Å². The average molecular weight is 136 g/mol. The second-order valence-electron chi connectivity index (χ2n) is 2.18. The Bertz CT molecular complexity index is 91.1. The molecule has 1 nitrogen and oxygen atoms in total. The van der Waals surface area contributed by atoms with Gasteiger partial charge in [0.05, 0.1) is 0 Å². The minimum Gasteiger partial charge on any atom is -0.260 e. The van der Waals surface area contributed by atoms with Gasteiger partial charge in [0.1, 0.15) is 0 Å². The molecule has 1 rings (SSSR count).